The van der Waals surface area contributed by atoms with Gasteiger partial charge < -0.3 is 15.0 Å². The summed E-state index contributed by atoms with van der Waals surface area (Å²) < 4.78 is 5.44. The zero-order chi connectivity index (χ0) is 21.9. The number of ether oxygens (including phenoxy) is 1. The van der Waals surface area contributed by atoms with Crippen molar-refractivity contribution in [3.8, 4) is 0 Å². The lowest BCUT2D eigenvalue weighted by molar-refractivity contribution is 0.0562. The van der Waals surface area contributed by atoms with Crippen LogP contribution >= 0.6 is 0 Å². The second-order valence-corrected chi connectivity index (χ2v) is 10.2. The van der Waals surface area contributed by atoms with E-state index in [0.717, 1.165) is 63.7 Å². The van der Waals surface area contributed by atoms with Gasteiger partial charge in [0.15, 0.2) is 0 Å². The average molecular weight is 425 g/mol. The molecule has 0 saturated carbocycles. The van der Waals surface area contributed by atoms with Crippen LogP contribution in [0.25, 0.3) is 0 Å². The Balaban J connectivity index is 1.53. The quantitative estimate of drug-likeness (QED) is 0.765. The summed E-state index contributed by atoms with van der Waals surface area (Å²) in [6, 6.07) is 4.70. The first-order valence-corrected chi connectivity index (χ1v) is 11.4. The maximum absolute atomic E-state index is 5.44. The fourth-order valence-electron chi connectivity index (χ4n) is 5.15. The SMILES string of the molecule is CC1(C)CC(N(Cc2ccncc2)Cc2cnc(N3CCOCC3)nc2)CC(C)(C)N1. The maximum Gasteiger partial charge on any atom is 0.225 e. The molecular formula is C24H36N6O. The summed E-state index contributed by atoms with van der Waals surface area (Å²) in [7, 11) is 0. The van der Waals surface area contributed by atoms with Crippen LogP contribution in [0, 0.1) is 0 Å². The number of morpholine rings is 1. The molecule has 4 rings (SSSR count). The Morgan fingerprint density at radius 3 is 2.16 bits per heavy atom. The van der Waals surface area contributed by atoms with Crippen molar-refractivity contribution in [2.75, 3.05) is 31.2 Å². The van der Waals surface area contributed by atoms with Gasteiger partial charge in [0.25, 0.3) is 0 Å². The highest BCUT2D eigenvalue weighted by atomic mass is 16.5. The van der Waals surface area contributed by atoms with Gasteiger partial charge in [0, 0.05) is 73.6 Å². The lowest BCUT2D eigenvalue weighted by atomic mass is 9.79. The van der Waals surface area contributed by atoms with E-state index in [1.54, 1.807) is 0 Å². The van der Waals surface area contributed by atoms with Crippen molar-refractivity contribution < 1.29 is 4.74 Å². The van der Waals surface area contributed by atoms with Crippen molar-refractivity contribution in [3.05, 3.63) is 48.0 Å². The van der Waals surface area contributed by atoms with E-state index < -0.39 is 0 Å². The summed E-state index contributed by atoms with van der Waals surface area (Å²) in [4.78, 5) is 18.3. The molecule has 2 aliphatic heterocycles. The number of anilines is 1. The molecule has 0 radical (unpaired) electrons. The van der Waals surface area contributed by atoms with Gasteiger partial charge in [0.1, 0.15) is 0 Å². The summed E-state index contributed by atoms with van der Waals surface area (Å²) in [6.07, 6.45) is 9.96. The van der Waals surface area contributed by atoms with Crippen LogP contribution in [0.15, 0.2) is 36.9 Å². The van der Waals surface area contributed by atoms with Crippen molar-refractivity contribution >= 4 is 5.95 Å². The van der Waals surface area contributed by atoms with E-state index in [1.807, 2.05) is 24.8 Å². The molecule has 0 bridgehead atoms. The van der Waals surface area contributed by atoms with Gasteiger partial charge in [-0.1, -0.05) is 0 Å². The topological polar surface area (TPSA) is 66.4 Å². The van der Waals surface area contributed by atoms with Gasteiger partial charge in [-0.05, 0) is 58.2 Å². The first-order chi connectivity index (χ1) is 14.8. The first-order valence-electron chi connectivity index (χ1n) is 11.4. The summed E-state index contributed by atoms with van der Waals surface area (Å²) in [5.74, 6) is 0.803. The molecule has 0 aliphatic carbocycles. The van der Waals surface area contributed by atoms with Crippen molar-refractivity contribution in [3.63, 3.8) is 0 Å². The van der Waals surface area contributed by atoms with Crippen LogP contribution in [0.4, 0.5) is 5.95 Å². The van der Waals surface area contributed by atoms with Gasteiger partial charge in [-0.3, -0.25) is 9.88 Å². The number of piperidine rings is 1. The van der Waals surface area contributed by atoms with Crippen LogP contribution in [0.2, 0.25) is 0 Å². The van der Waals surface area contributed by atoms with Crippen LogP contribution in [0.5, 0.6) is 0 Å². The number of nitrogens with one attached hydrogen (secondary N) is 1. The Kier molecular flexibility index (Phi) is 6.55. The molecule has 2 saturated heterocycles. The van der Waals surface area contributed by atoms with Gasteiger partial charge in [0.2, 0.25) is 5.95 Å². The molecule has 2 aromatic heterocycles. The predicted octanol–water partition coefficient (Wildman–Crippen LogP) is 3.02. The molecule has 0 amide bonds. The zero-order valence-electron chi connectivity index (χ0n) is 19.3. The van der Waals surface area contributed by atoms with Gasteiger partial charge in [-0.25, -0.2) is 9.97 Å². The maximum atomic E-state index is 5.44. The van der Waals surface area contributed by atoms with E-state index >= 15 is 0 Å². The minimum Gasteiger partial charge on any atom is -0.378 e. The van der Waals surface area contributed by atoms with E-state index in [4.69, 9.17) is 4.74 Å². The standard InChI is InChI=1S/C24H36N6O/c1-23(2)13-21(14-24(3,4)28-23)30(17-19-5-7-25-8-6-19)18-20-15-26-22(27-16-20)29-9-11-31-12-10-29/h5-8,15-16,21,28H,9-14,17-18H2,1-4H3. The summed E-state index contributed by atoms with van der Waals surface area (Å²) >= 11 is 0. The van der Waals surface area contributed by atoms with Crippen molar-refractivity contribution in [1.82, 2.24) is 25.2 Å². The predicted molar refractivity (Wildman–Crippen MR) is 123 cm³/mol. The minimum absolute atomic E-state index is 0.0968. The van der Waals surface area contributed by atoms with Gasteiger partial charge in [-0.2, -0.15) is 0 Å². The van der Waals surface area contributed by atoms with Crippen molar-refractivity contribution in [2.45, 2.75) is 70.7 Å². The second-order valence-electron chi connectivity index (χ2n) is 10.2. The molecule has 0 spiro atoms. The zero-order valence-corrected chi connectivity index (χ0v) is 19.3. The molecule has 0 aromatic carbocycles. The highest BCUT2D eigenvalue weighted by molar-refractivity contribution is 5.30. The molecule has 1 N–H and O–H groups in total. The lowest BCUT2D eigenvalue weighted by Crippen LogP contribution is -2.62. The van der Waals surface area contributed by atoms with Crippen molar-refractivity contribution in [2.24, 2.45) is 0 Å². The monoisotopic (exact) mass is 424 g/mol. The lowest BCUT2D eigenvalue weighted by Gasteiger charge is -2.49. The molecule has 2 fully saturated rings. The van der Waals surface area contributed by atoms with E-state index in [9.17, 15) is 0 Å². The number of aromatic nitrogens is 3. The Labute approximate surface area is 186 Å². The van der Waals surface area contributed by atoms with E-state index in [2.05, 4.69) is 69.9 Å². The van der Waals surface area contributed by atoms with Gasteiger partial charge >= 0.3 is 0 Å². The Hall–Kier alpha value is -2.09. The summed E-state index contributed by atoms with van der Waals surface area (Å²) in [5.41, 5.74) is 2.63. The molecule has 0 atom stereocenters. The largest absolute Gasteiger partial charge is 0.378 e. The summed E-state index contributed by atoms with van der Waals surface area (Å²) in [6.45, 7) is 14.2. The van der Waals surface area contributed by atoms with Crippen LogP contribution in [0.1, 0.15) is 51.7 Å². The van der Waals surface area contributed by atoms with E-state index in [1.165, 1.54) is 5.56 Å². The smallest absolute Gasteiger partial charge is 0.225 e. The Bertz CT molecular complexity index is 817. The minimum atomic E-state index is 0.0968. The second kappa shape index (κ2) is 9.18. The molecular weight excluding hydrogens is 388 g/mol. The highest BCUT2D eigenvalue weighted by Gasteiger charge is 2.39. The summed E-state index contributed by atoms with van der Waals surface area (Å²) in [5, 5.41) is 3.81. The Morgan fingerprint density at radius 2 is 1.55 bits per heavy atom. The number of nitrogens with zero attached hydrogens (tertiary/aromatic N) is 5. The normalized spacial score (nSPS) is 21.4. The van der Waals surface area contributed by atoms with Gasteiger partial charge in [-0.15, -0.1) is 0 Å². The molecule has 2 aliphatic rings. The molecule has 7 heteroatoms. The third-order valence-electron chi connectivity index (χ3n) is 6.19. The number of hydrogen-bond donors (Lipinski definition) is 1. The molecule has 2 aromatic rings. The fraction of sp³-hybridized carbons (Fsp3) is 0.625. The number of pyridine rings is 1. The number of rotatable bonds is 6. The van der Waals surface area contributed by atoms with Crippen LogP contribution < -0.4 is 10.2 Å². The Morgan fingerprint density at radius 1 is 0.968 bits per heavy atom. The third kappa shape index (κ3) is 5.99. The van der Waals surface area contributed by atoms with Crippen LogP contribution in [-0.4, -0.2) is 63.3 Å². The first kappa shape index (κ1) is 22.1. The molecule has 7 nitrogen and oxygen atoms in total. The fourth-order valence-corrected chi connectivity index (χ4v) is 5.15. The molecule has 4 heterocycles. The molecule has 0 unspecified atom stereocenters. The third-order valence-corrected chi connectivity index (χ3v) is 6.19. The highest BCUT2D eigenvalue weighted by Crippen LogP contribution is 2.33. The average Bonchev–Trinajstić information content (AvgIpc) is 2.73. The van der Waals surface area contributed by atoms with E-state index in [-0.39, 0.29) is 11.1 Å². The van der Waals surface area contributed by atoms with Gasteiger partial charge in [0.05, 0.1) is 13.2 Å². The van der Waals surface area contributed by atoms with Crippen LogP contribution in [-0.2, 0) is 17.8 Å². The number of hydrogen-bond acceptors (Lipinski definition) is 7. The van der Waals surface area contributed by atoms with E-state index in [0.29, 0.717) is 6.04 Å². The molecule has 31 heavy (non-hydrogen) atoms. The molecule has 168 valence electrons. The van der Waals surface area contributed by atoms with Crippen LogP contribution in [0.3, 0.4) is 0 Å². The van der Waals surface area contributed by atoms with Crippen molar-refractivity contribution in [1.29, 1.82) is 0 Å².